The van der Waals surface area contributed by atoms with Crippen LogP contribution in [0.25, 0.3) is 11.8 Å². The first-order chi connectivity index (χ1) is 17.3. The van der Waals surface area contributed by atoms with Crippen molar-refractivity contribution < 1.29 is 13.9 Å². The van der Waals surface area contributed by atoms with Gasteiger partial charge in [0.05, 0.1) is 0 Å². The second-order valence-corrected chi connectivity index (χ2v) is 8.56. The summed E-state index contributed by atoms with van der Waals surface area (Å²) in [5.41, 5.74) is 6.23. The highest BCUT2D eigenvalue weighted by Gasteiger charge is 2.14. The van der Waals surface area contributed by atoms with Crippen LogP contribution < -0.4 is 10.1 Å². The highest BCUT2D eigenvalue weighted by molar-refractivity contribution is 6.09. The van der Waals surface area contributed by atoms with Gasteiger partial charge in [-0.25, -0.2) is 4.39 Å². The molecule has 6 heteroatoms. The average molecular weight is 480 g/mol. The van der Waals surface area contributed by atoms with Crippen LogP contribution in [-0.4, -0.2) is 10.5 Å². The number of carbonyl (C=O) groups is 1. The number of nitriles is 1. The van der Waals surface area contributed by atoms with Crippen LogP contribution in [0.3, 0.4) is 0 Å². The molecular formula is C30H26FN3O2. The summed E-state index contributed by atoms with van der Waals surface area (Å²) < 4.78 is 20.9. The maximum absolute atomic E-state index is 13.1. The molecule has 0 aliphatic rings. The Bertz CT molecular complexity index is 1440. The van der Waals surface area contributed by atoms with Gasteiger partial charge in [0.2, 0.25) is 0 Å². The van der Waals surface area contributed by atoms with E-state index in [-0.39, 0.29) is 11.4 Å². The van der Waals surface area contributed by atoms with Gasteiger partial charge in [0.15, 0.2) is 0 Å². The highest BCUT2D eigenvalue weighted by Crippen LogP contribution is 2.25. The fourth-order valence-corrected chi connectivity index (χ4v) is 3.91. The monoisotopic (exact) mass is 479 g/mol. The van der Waals surface area contributed by atoms with Crippen molar-refractivity contribution >= 4 is 17.7 Å². The maximum Gasteiger partial charge on any atom is 0.266 e. The van der Waals surface area contributed by atoms with Gasteiger partial charge in [-0.3, -0.25) is 4.79 Å². The first kappa shape index (κ1) is 24.5. The predicted octanol–water partition coefficient (Wildman–Crippen LogP) is 6.67. The minimum atomic E-state index is -0.450. The fourth-order valence-electron chi connectivity index (χ4n) is 3.91. The zero-order chi connectivity index (χ0) is 25.7. The Morgan fingerprint density at radius 3 is 2.31 bits per heavy atom. The standard InChI is InChI=1S/C30H26FN3O2/c1-20-4-10-27(11-5-20)33-30(35)25(18-32)17-24-16-21(2)34(22(24)3)28-12-14-29(15-13-28)36-19-23-6-8-26(31)9-7-23/h4-17H,19H2,1-3H3,(H,33,35)/b25-17-. The average Bonchev–Trinajstić information content (AvgIpc) is 3.16. The van der Waals surface area contributed by atoms with Gasteiger partial charge in [0, 0.05) is 22.8 Å². The number of hydrogen-bond acceptors (Lipinski definition) is 3. The van der Waals surface area contributed by atoms with Gasteiger partial charge in [0.1, 0.15) is 29.8 Å². The topological polar surface area (TPSA) is 67.0 Å². The molecule has 36 heavy (non-hydrogen) atoms. The van der Waals surface area contributed by atoms with Gasteiger partial charge in [-0.1, -0.05) is 29.8 Å². The Balaban J connectivity index is 1.50. The molecule has 0 radical (unpaired) electrons. The van der Waals surface area contributed by atoms with E-state index in [1.54, 1.807) is 30.3 Å². The number of nitrogens with zero attached hydrogens (tertiary/aromatic N) is 2. The number of amides is 1. The van der Waals surface area contributed by atoms with Gasteiger partial charge in [-0.05, 0) is 92.6 Å². The zero-order valence-electron chi connectivity index (χ0n) is 20.4. The van der Waals surface area contributed by atoms with E-state index in [2.05, 4.69) is 9.88 Å². The molecule has 3 aromatic carbocycles. The molecule has 5 nitrogen and oxygen atoms in total. The van der Waals surface area contributed by atoms with Crippen LogP contribution in [0.2, 0.25) is 0 Å². The summed E-state index contributed by atoms with van der Waals surface area (Å²) in [6.45, 7) is 6.24. The lowest BCUT2D eigenvalue weighted by Gasteiger charge is -2.12. The SMILES string of the molecule is Cc1ccc(NC(=O)/C(C#N)=C\c2cc(C)n(-c3ccc(OCc4ccc(F)cc4)cc3)c2C)cc1. The van der Waals surface area contributed by atoms with Crippen LogP contribution in [0, 0.1) is 37.9 Å². The predicted molar refractivity (Wildman–Crippen MR) is 139 cm³/mol. The molecule has 1 N–H and O–H groups in total. The fraction of sp³-hybridized carbons (Fsp3) is 0.133. The number of rotatable bonds is 7. The molecule has 0 aliphatic heterocycles. The van der Waals surface area contributed by atoms with Crippen molar-refractivity contribution in [1.29, 1.82) is 5.26 Å². The lowest BCUT2D eigenvalue weighted by Crippen LogP contribution is -2.13. The molecule has 4 rings (SSSR count). The van der Waals surface area contributed by atoms with Crippen molar-refractivity contribution in [3.8, 4) is 17.5 Å². The Labute approximate surface area is 210 Å². The molecule has 0 unspecified atom stereocenters. The molecule has 0 saturated heterocycles. The molecule has 0 aliphatic carbocycles. The molecule has 0 bridgehead atoms. The Hall–Kier alpha value is -4.63. The summed E-state index contributed by atoms with van der Waals surface area (Å²) in [6, 6.07) is 25.2. The van der Waals surface area contributed by atoms with Crippen LogP contribution in [0.5, 0.6) is 5.75 Å². The minimum Gasteiger partial charge on any atom is -0.489 e. The molecular weight excluding hydrogens is 453 g/mol. The molecule has 4 aromatic rings. The lowest BCUT2D eigenvalue weighted by atomic mass is 10.1. The van der Waals surface area contributed by atoms with Crippen molar-refractivity contribution in [1.82, 2.24) is 4.57 Å². The number of benzene rings is 3. The second kappa shape index (κ2) is 10.7. The summed E-state index contributed by atoms with van der Waals surface area (Å²) in [5.74, 6) is -0.0254. The Kier molecular flexibility index (Phi) is 7.31. The van der Waals surface area contributed by atoms with Gasteiger partial charge < -0.3 is 14.6 Å². The minimum absolute atomic E-state index is 0.0281. The number of halogens is 1. The van der Waals surface area contributed by atoms with E-state index in [0.717, 1.165) is 33.8 Å². The van der Waals surface area contributed by atoms with Crippen LogP contribution in [-0.2, 0) is 11.4 Å². The van der Waals surface area contributed by atoms with Gasteiger partial charge in [-0.15, -0.1) is 0 Å². The number of carbonyl (C=O) groups excluding carboxylic acids is 1. The summed E-state index contributed by atoms with van der Waals surface area (Å²) >= 11 is 0. The number of aromatic nitrogens is 1. The molecule has 180 valence electrons. The van der Waals surface area contributed by atoms with Crippen LogP contribution in [0.4, 0.5) is 10.1 Å². The second-order valence-electron chi connectivity index (χ2n) is 8.56. The first-order valence-corrected chi connectivity index (χ1v) is 11.5. The number of nitrogens with one attached hydrogen (secondary N) is 1. The molecule has 0 saturated carbocycles. The molecule has 1 heterocycles. The summed E-state index contributed by atoms with van der Waals surface area (Å²) in [5, 5.41) is 12.4. The number of anilines is 1. The van der Waals surface area contributed by atoms with E-state index >= 15 is 0 Å². The number of aryl methyl sites for hydroxylation is 2. The molecule has 1 amide bonds. The summed E-state index contributed by atoms with van der Waals surface area (Å²) in [7, 11) is 0. The number of hydrogen-bond donors (Lipinski definition) is 1. The lowest BCUT2D eigenvalue weighted by molar-refractivity contribution is -0.112. The zero-order valence-corrected chi connectivity index (χ0v) is 20.4. The van der Waals surface area contributed by atoms with Crippen molar-refractivity contribution in [2.75, 3.05) is 5.32 Å². The van der Waals surface area contributed by atoms with Crippen LogP contribution in [0.15, 0.2) is 84.4 Å². The Morgan fingerprint density at radius 2 is 1.67 bits per heavy atom. The Morgan fingerprint density at radius 1 is 1.00 bits per heavy atom. The largest absolute Gasteiger partial charge is 0.489 e. The molecule has 0 spiro atoms. The van der Waals surface area contributed by atoms with Crippen molar-refractivity contribution in [2.24, 2.45) is 0 Å². The third kappa shape index (κ3) is 5.70. The van der Waals surface area contributed by atoms with E-state index < -0.39 is 5.91 Å². The summed E-state index contributed by atoms with van der Waals surface area (Å²) in [4.78, 5) is 12.7. The van der Waals surface area contributed by atoms with Crippen molar-refractivity contribution in [3.05, 3.63) is 118 Å². The first-order valence-electron chi connectivity index (χ1n) is 11.5. The smallest absolute Gasteiger partial charge is 0.266 e. The maximum atomic E-state index is 13.1. The van der Waals surface area contributed by atoms with E-state index in [1.807, 2.05) is 69.3 Å². The van der Waals surface area contributed by atoms with Gasteiger partial charge in [-0.2, -0.15) is 5.26 Å². The van der Waals surface area contributed by atoms with Crippen molar-refractivity contribution in [3.63, 3.8) is 0 Å². The van der Waals surface area contributed by atoms with Gasteiger partial charge >= 0.3 is 0 Å². The highest BCUT2D eigenvalue weighted by atomic mass is 19.1. The van der Waals surface area contributed by atoms with E-state index in [0.29, 0.717) is 18.0 Å². The summed E-state index contributed by atoms with van der Waals surface area (Å²) in [6.07, 6.45) is 1.61. The van der Waals surface area contributed by atoms with E-state index in [4.69, 9.17) is 4.74 Å². The third-order valence-corrected chi connectivity index (χ3v) is 5.86. The third-order valence-electron chi connectivity index (χ3n) is 5.86. The number of ether oxygens (including phenoxy) is 1. The van der Waals surface area contributed by atoms with Crippen LogP contribution >= 0.6 is 0 Å². The molecule has 0 fully saturated rings. The van der Waals surface area contributed by atoms with Crippen LogP contribution in [0.1, 0.15) is 28.1 Å². The van der Waals surface area contributed by atoms with E-state index in [9.17, 15) is 14.4 Å². The normalized spacial score (nSPS) is 11.1. The van der Waals surface area contributed by atoms with E-state index in [1.165, 1.54) is 12.1 Å². The quantitative estimate of drug-likeness (QED) is 0.238. The molecule has 1 aromatic heterocycles. The van der Waals surface area contributed by atoms with Crippen molar-refractivity contribution in [2.45, 2.75) is 27.4 Å². The molecule has 0 atom stereocenters. The van der Waals surface area contributed by atoms with Gasteiger partial charge in [0.25, 0.3) is 5.91 Å².